The van der Waals surface area contributed by atoms with Crippen molar-refractivity contribution in [3.8, 4) is 5.75 Å². The Morgan fingerprint density at radius 1 is 1.25 bits per heavy atom. The minimum absolute atomic E-state index is 0.378. The molecular weight excluding hydrogens is 248 g/mol. The van der Waals surface area contributed by atoms with E-state index in [-0.39, 0.29) is 0 Å². The molecule has 0 heterocycles. The molecule has 0 aliphatic carbocycles. The number of rotatable bonds is 4. The van der Waals surface area contributed by atoms with Gasteiger partial charge >= 0.3 is 0 Å². The average Bonchev–Trinajstić information content (AvgIpc) is 2.16. The molecule has 90 valence electrons. The van der Waals surface area contributed by atoms with Crippen molar-refractivity contribution in [1.82, 2.24) is 0 Å². The molecule has 1 aromatic carbocycles. The molecule has 0 atom stereocenters. The zero-order valence-electron chi connectivity index (χ0n) is 9.53. The van der Waals surface area contributed by atoms with Crippen LogP contribution in [0.5, 0.6) is 5.75 Å². The van der Waals surface area contributed by atoms with Crippen LogP contribution in [-0.2, 0) is 15.5 Å². The second kappa shape index (κ2) is 4.63. The highest BCUT2D eigenvalue weighted by Crippen LogP contribution is 2.26. The Bertz CT molecular complexity index is 449. The van der Waals surface area contributed by atoms with Gasteiger partial charge < -0.3 is 4.74 Å². The minimum atomic E-state index is -3.58. The lowest BCUT2D eigenvalue weighted by atomic mass is 10.0. The third-order valence-electron chi connectivity index (χ3n) is 2.45. The number of halogens is 1. The van der Waals surface area contributed by atoms with Crippen LogP contribution in [0.3, 0.4) is 0 Å². The molecule has 1 rings (SSSR count). The smallest absolute Gasteiger partial charge is 0.238 e. The van der Waals surface area contributed by atoms with Gasteiger partial charge in [-0.15, -0.1) is 0 Å². The fraction of sp³-hybridized carbons (Fsp3) is 0.455. The normalized spacial score (nSPS) is 12.5. The first-order valence-corrected chi connectivity index (χ1v) is 7.14. The van der Waals surface area contributed by atoms with Gasteiger partial charge in [0, 0.05) is 10.7 Å². The van der Waals surface area contributed by atoms with Crippen LogP contribution in [0.15, 0.2) is 24.3 Å². The van der Waals surface area contributed by atoms with Crippen molar-refractivity contribution >= 4 is 19.7 Å². The predicted molar refractivity (Wildman–Crippen MR) is 65.5 cm³/mol. The van der Waals surface area contributed by atoms with Crippen LogP contribution in [0.2, 0.25) is 0 Å². The van der Waals surface area contributed by atoms with Crippen molar-refractivity contribution < 1.29 is 13.2 Å². The molecule has 0 spiro atoms. The summed E-state index contributed by atoms with van der Waals surface area (Å²) in [6.45, 7) is 3.22. The van der Waals surface area contributed by atoms with E-state index in [0.717, 1.165) is 11.3 Å². The van der Waals surface area contributed by atoms with Crippen LogP contribution in [0.25, 0.3) is 0 Å². The summed E-state index contributed by atoms with van der Waals surface area (Å²) in [5.74, 6) is 0.746. The Labute approximate surface area is 101 Å². The van der Waals surface area contributed by atoms with Gasteiger partial charge in [-0.25, -0.2) is 8.42 Å². The van der Waals surface area contributed by atoms with Crippen LogP contribution in [0, 0.1) is 0 Å². The van der Waals surface area contributed by atoms with Crippen LogP contribution in [0.4, 0.5) is 0 Å². The first kappa shape index (κ1) is 13.3. The Morgan fingerprint density at radius 2 is 1.75 bits per heavy atom. The molecule has 0 aliphatic rings. The SMILES string of the molecule is COc1ccc(CC(C)(C)S(=O)(=O)Cl)cc1. The van der Waals surface area contributed by atoms with E-state index in [1.165, 1.54) is 0 Å². The molecule has 0 amide bonds. The lowest BCUT2D eigenvalue weighted by molar-refractivity contribution is 0.414. The Morgan fingerprint density at radius 3 is 2.12 bits per heavy atom. The molecule has 1 aromatic rings. The summed E-state index contributed by atoms with van der Waals surface area (Å²) in [7, 11) is 3.39. The highest BCUT2D eigenvalue weighted by atomic mass is 35.7. The Kier molecular flexibility index (Phi) is 3.86. The first-order valence-electron chi connectivity index (χ1n) is 4.83. The topological polar surface area (TPSA) is 43.4 Å². The fourth-order valence-electron chi connectivity index (χ4n) is 1.32. The van der Waals surface area contributed by atoms with Crippen LogP contribution >= 0.6 is 10.7 Å². The number of hydrogen-bond donors (Lipinski definition) is 0. The van der Waals surface area contributed by atoms with E-state index in [1.807, 2.05) is 12.1 Å². The molecule has 0 unspecified atom stereocenters. The Hall–Kier alpha value is -0.740. The van der Waals surface area contributed by atoms with Gasteiger partial charge in [0.1, 0.15) is 5.75 Å². The molecule has 0 bridgehead atoms. The van der Waals surface area contributed by atoms with Crippen molar-refractivity contribution in [3.05, 3.63) is 29.8 Å². The van der Waals surface area contributed by atoms with E-state index >= 15 is 0 Å². The number of hydrogen-bond acceptors (Lipinski definition) is 3. The third kappa shape index (κ3) is 3.12. The van der Waals surface area contributed by atoms with Crippen LogP contribution in [-0.4, -0.2) is 20.3 Å². The van der Waals surface area contributed by atoms with Crippen LogP contribution in [0.1, 0.15) is 19.4 Å². The van der Waals surface area contributed by atoms with Gasteiger partial charge in [0.2, 0.25) is 9.05 Å². The largest absolute Gasteiger partial charge is 0.497 e. The third-order valence-corrected chi connectivity index (χ3v) is 5.17. The van der Waals surface area contributed by atoms with E-state index in [4.69, 9.17) is 15.4 Å². The highest BCUT2D eigenvalue weighted by Gasteiger charge is 2.32. The summed E-state index contributed by atoms with van der Waals surface area (Å²) >= 11 is 0. The fourth-order valence-corrected chi connectivity index (χ4v) is 1.82. The standard InChI is InChI=1S/C11H15ClO3S/c1-11(2,16(12,13)14)8-9-4-6-10(15-3)7-5-9/h4-7H,8H2,1-3H3. The predicted octanol–water partition coefficient (Wildman–Crippen LogP) is 2.58. The summed E-state index contributed by atoms with van der Waals surface area (Å²) in [5.41, 5.74) is 0.912. The molecule has 0 aliphatic heterocycles. The van der Waals surface area contributed by atoms with E-state index in [1.54, 1.807) is 33.1 Å². The minimum Gasteiger partial charge on any atom is -0.497 e. The summed E-state index contributed by atoms with van der Waals surface area (Å²) in [4.78, 5) is 0. The maximum atomic E-state index is 11.3. The second-order valence-electron chi connectivity index (χ2n) is 4.22. The monoisotopic (exact) mass is 262 g/mol. The van der Waals surface area contributed by atoms with Crippen molar-refractivity contribution in [2.45, 2.75) is 25.0 Å². The number of methoxy groups -OCH3 is 1. The quantitative estimate of drug-likeness (QED) is 0.784. The summed E-state index contributed by atoms with van der Waals surface area (Å²) < 4.78 is 26.7. The molecule has 0 saturated carbocycles. The van der Waals surface area contributed by atoms with Crippen molar-refractivity contribution in [2.75, 3.05) is 7.11 Å². The van der Waals surface area contributed by atoms with Gasteiger partial charge in [-0.05, 0) is 38.0 Å². The second-order valence-corrected chi connectivity index (χ2v) is 7.42. The van der Waals surface area contributed by atoms with Crippen molar-refractivity contribution in [3.63, 3.8) is 0 Å². The molecular formula is C11H15ClO3S. The summed E-state index contributed by atoms with van der Waals surface area (Å²) in [6.07, 6.45) is 0.378. The molecule has 5 heteroatoms. The van der Waals surface area contributed by atoms with Crippen LogP contribution < -0.4 is 4.74 Å². The molecule has 0 aromatic heterocycles. The molecule has 3 nitrogen and oxygen atoms in total. The molecule has 0 N–H and O–H groups in total. The summed E-state index contributed by atoms with van der Waals surface area (Å²) in [6, 6.07) is 7.27. The zero-order valence-corrected chi connectivity index (χ0v) is 11.1. The Balaban J connectivity index is 2.89. The van der Waals surface area contributed by atoms with Gasteiger partial charge in [-0.1, -0.05) is 12.1 Å². The highest BCUT2D eigenvalue weighted by molar-refractivity contribution is 8.14. The van der Waals surface area contributed by atoms with Crippen molar-refractivity contribution in [1.29, 1.82) is 0 Å². The lowest BCUT2D eigenvalue weighted by Crippen LogP contribution is -2.30. The van der Waals surface area contributed by atoms with E-state index < -0.39 is 13.8 Å². The maximum absolute atomic E-state index is 11.3. The molecule has 0 saturated heterocycles. The molecule has 0 radical (unpaired) electrons. The molecule has 16 heavy (non-hydrogen) atoms. The lowest BCUT2D eigenvalue weighted by Gasteiger charge is -2.20. The van der Waals surface area contributed by atoms with Gasteiger partial charge in [0.25, 0.3) is 0 Å². The van der Waals surface area contributed by atoms with Gasteiger partial charge in [0.15, 0.2) is 0 Å². The molecule has 0 fully saturated rings. The van der Waals surface area contributed by atoms with Gasteiger partial charge in [-0.3, -0.25) is 0 Å². The maximum Gasteiger partial charge on any atom is 0.238 e. The van der Waals surface area contributed by atoms with E-state index in [0.29, 0.717) is 6.42 Å². The first-order chi connectivity index (χ1) is 7.26. The van der Waals surface area contributed by atoms with Gasteiger partial charge in [-0.2, -0.15) is 0 Å². The average molecular weight is 263 g/mol. The van der Waals surface area contributed by atoms with Crippen molar-refractivity contribution in [2.24, 2.45) is 0 Å². The summed E-state index contributed by atoms with van der Waals surface area (Å²) in [5, 5.41) is 0. The number of benzene rings is 1. The van der Waals surface area contributed by atoms with Gasteiger partial charge in [0.05, 0.1) is 11.9 Å². The van der Waals surface area contributed by atoms with E-state index in [9.17, 15) is 8.42 Å². The zero-order chi connectivity index (χ0) is 12.4. The number of ether oxygens (including phenoxy) is 1. The van der Waals surface area contributed by atoms with E-state index in [2.05, 4.69) is 0 Å².